The molecule has 1 aliphatic rings. The Hall–Kier alpha value is -4.38. The van der Waals surface area contributed by atoms with E-state index in [1.54, 1.807) is 38.4 Å². The summed E-state index contributed by atoms with van der Waals surface area (Å²) in [6, 6.07) is 11.8. The van der Waals surface area contributed by atoms with Crippen molar-refractivity contribution in [1.29, 1.82) is 0 Å². The Balaban J connectivity index is 1.54. The molecule has 11 heteroatoms. The molecule has 0 saturated carbocycles. The Morgan fingerprint density at radius 2 is 1.56 bits per heavy atom. The van der Waals surface area contributed by atoms with Gasteiger partial charge in [-0.3, -0.25) is 24.2 Å². The second-order valence-electron chi connectivity index (χ2n) is 11.6. The lowest BCUT2D eigenvalue weighted by atomic mass is 9.93. The molecule has 1 saturated heterocycles. The number of carbonyl (C=O) groups is 4. The number of amides is 3. The van der Waals surface area contributed by atoms with E-state index in [9.17, 15) is 19.2 Å². The Morgan fingerprint density at radius 3 is 2.16 bits per heavy atom. The first-order valence-corrected chi connectivity index (χ1v) is 14.5. The summed E-state index contributed by atoms with van der Waals surface area (Å²) in [6.45, 7) is 7.62. The van der Waals surface area contributed by atoms with Gasteiger partial charge in [-0.1, -0.05) is 49.3 Å². The quantitative estimate of drug-likeness (QED) is 0.229. The second-order valence-corrected chi connectivity index (χ2v) is 11.6. The largest absolute Gasteiger partial charge is 0.361 e. The van der Waals surface area contributed by atoms with Crippen LogP contribution in [0.5, 0.6) is 0 Å². The summed E-state index contributed by atoms with van der Waals surface area (Å²) in [6.07, 6.45) is 4.55. The number of aromatic nitrogens is 2. The third kappa shape index (κ3) is 9.05. The highest BCUT2D eigenvalue weighted by Crippen LogP contribution is 2.29. The van der Waals surface area contributed by atoms with Crippen LogP contribution in [0.3, 0.4) is 0 Å². The molecule has 2 aromatic heterocycles. The number of pyridine rings is 1. The molecule has 0 bridgehead atoms. The van der Waals surface area contributed by atoms with Gasteiger partial charge >= 0.3 is 0 Å². The number of hydrogen-bond donors (Lipinski definition) is 3. The van der Waals surface area contributed by atoms with E-state index in [-0.39, 0.29) is 30.2 Å². The summed E-state index contributed by atoms with van der Waals surface area (Å²) >= 11 is 0. The predicted octanol–water partition coefficient (Wildman–Crippen LogP) is 2.73. The van der Waals surface area contributed by atoms with Crippen LogP contribution >= 0.6 is 0 Å². The Morgan fingerprint density at radius 1 is 0.907 bits per heavy atom. The Kier molecular flexibility index (Phi) is 10.4. The van der Waals surface area contributed by atoms with Gasteiger partial charge in [0.25, 0.3) is 5.91 Å². The number of hydrogen-bond acceptors (Lipinski definition) is 8. The predicted molar refractivity (Wildman–Crippen MR) is 158 cm³/mol. The lowest BCUT2D eigenvalue weighted by Crippen LogP contribution is -2.57. The van der Waals surface area contributed by atoms with E-state index in [0.29, 0.717) is 25.2 Å². The van der Waals surface area contributed by atoms with Crippen molar-refractivity contribution in [2.75, 3.05) is 6.61 Å². The first-order chi connectivity index (χ1) is 20.5. The highest BCUT2D eigenvalue weighted by Gasteiger charge is 2.50. The van der Waals surface area contributed by atoms with Crippen LogP contribution < -0.4 is 16.0 Å². The highest BCUT2D eigenvalue weighted by atomic mass is 16.6. The maximum Gasteiger partial charge on any atom is 0.274 e. The van der Waals surface area contributed by atoms with Crippen molar-refractivity contribution in [3.05, 3.63) is 83.5 Å². The molecule has 3 heterocycles. The maximum atomic E-state index is 13.8. The summed E-state index contributed by atoms with van der Waals surface area (Å²) in [5.41, 5.74) is 0.890. The summed E-state index contributed by atoms with van der Waals surface area (Å²) in [5, 5.41) is 12.2. The Labute approximate surface area is 251 Å². The molecule has 228 valence electrons. The van der Waals surface area contributed by atoms with Crippen LogP contribution in [0.4, 0.5) is 0 Å². The molecular formula is C32H39N5O6. The molecule has 0 radical (unpaired) electrons. The molecule has 0 spiro atoms. The molecule has 1 aromatic carbocycles. The van der Waals surface area contributed by atoms with Crippen molar-refractivity contribution in [3.8, 4) is 0 Å². The first kappa shape index (κ1) is 31.6. The SMILES string of the molecule is Cc1cc(C(=O)N[C@@H](CCc2ccccc2)C(=O)N[C@@H](Cc2ccncc2)C(=O)N[C@@H](CC(C)C)C(=O)[C@@]2(C)CO2)no1. The number of nitrogens with zero attached hydrogens (tertiary/aromatic N) is 2. The summed E-state index contributed by atoms with van der Waals surface area (Å²) in [5.74, 6) is -1.22. The van der Waals surface area contributed by atoms with E-state index in [2.05, 4.69) is 26.1 Å². The van der Waals surface area contributed by atoms with Crippen LogP contribution in [-0.2, 0) is 32.0 Å². The second kappa shape index (κ2) is 14.2. The van der Waals surface area contributed by atoms with E-state index in [4.69, 9.17) is 9.26 Å². The topological polar surface area (TPSA) is 156 Å². The van der Waals surface area contributed by atoms with Crippen LogP contribution in [-0.4, -0.2) is 64.0 Å². The molecule has 0 aliphatic carbocycles. The molecule has 0 unspecified atom stereocenters. The van der Waals surface area contributed by atoms with Gasteiger partial charge in [-0.05, 0) is 62.3 Å². The number of ketones is 1. The molecule has 4 atom stereocenters. The number of ether oxygens (including phenoxy) is 1. The van der Waals surface area contributed by atoms with Crippen molar-refractivity contribution in [2.24, 2.45) is 5.92 Å². The number of benzene rings is 1. The molecule has 43 heavy (non-hydrogen) atoms. The van der Waals surface area contributed by atoms with Gasteiger partial charge in [0.05, 0.1) is 12.6 Å². The average molecular weight is 590 g/mol. The lowest BCUT2D eigenvalue weighted by molar-refractivity contribution is -0.133. The standard InChI is InChI=1S/C32H39N5O6/c1-20(2)16-25(28(38)32(4)19-42-32)35-30(40)26(18-23-12-14-33-15-13-23)36-29(39)24(11-10-22-8-6-5-7-9-22)34-31(41)27-17-21(3)43-37-27/h5-9,12-15,17,20,24-26H,10-11,16,18-19H2,1-4H3,(H,34,41)(H,35,40)(H,36,39)/t24-,25-,26-,32+/m0/s1. The fourth-order valence-corrected chi connectivity index (χ4v) is 4.76. The smallest absolute Gasteiger partial charge is 0.274 e. The van der Waals surface area contributed by atoms with Gasteiger partial charge in [0.2, 0.25) is 11.8 Å². The number of Topliss-reactive ketones (excluding diaryl/α,β-unsaturated/α-hetero) is 1. The number of aryl methyl sites for hydroxylation is 2. The molecule has 3 amide bonds. The molecule has 3 N–H and O–H groups in total. The van der Waals surface area contributed by atoms with Crippen molar-refractivity contribution < 1.29 is 28.4 Å². The number of carbonyl (C=O) groups excluding carboxylic acids is 4. The maximum absolute atomic E-state index is 13.8. The van der Waals surface area contributed by atoms with E-state index in [0.717, 1.165) is 11.1 Å². The highest BCUT2D eigenvalue weighted by molar-refractivity contribution is 5.99. The van der Waals surface area contributed by atoms with Crippen LogP contribution in [0.2, 0.25) is 0 Å². The molecular weight excluding hydrogens is 550 g/mol. The molecule has 1 aliphatic heterocycles. The van der Waals surface area contributed by atoms with Crippen LogP contribution in [0.1, 0.15) is 61.0 Å². The molecule has 11 nitrogen and oxygen atoms in total. The van der Waals surface area contributed by atoms with Crippen LogP contribution in [0.25, 0.3) is 0 Å². The minimum Gasteiger partial charge on any atom is -0.361 e. The Bertz CT molecular complexity index is 1400. The van der Waals surface area contributed by atoms with E-state index in [1.807, 2.05) is 44.2 Å². The zero-order chi connectivity index (χ0) is 31.0. The fourth-order valence-electron chi connectivity index (χ4n) is 4.76. The van der Waals surface area contributed by atoms with E-state index >= 15 is 0 Å². The normalized spacial score (nSPS) is 17.9. The summed E-state index contributed by atoms with van der Waals surface area (Å²) in [7, 11) is 0. The molecule has 3 aromatic rings. The summed E-state index contributed by atoms with van der Waals surface area (Å²) < 4.78 is 10.4. The van der Waals surface area contributed by atoms with Gasteiger partial charge in [0.15, 0.2) is 11.5 Å². The van der Waals surface area contributed by atoms with Gasteiger partial charge in [-0.25, -0.2) is 0 Å². The monoisotopic (exact) mass is 589 g/mol. The third-order valence-electron chi connectivity index (χ3n) is 7.31. The summed E-state index contributed by atoms with van der Waals surface area (Å²) in [4.78, 5) is 57.7. The average Bonchev–Trinajstić information content (AvgIpc) is 3.59. The minimum absolute atomic E-state index is 0.0481. The van der Waals surface area contributed by atoms with Crippen molar-refractivity contribution in [3.63, 3.8) is 0 Å². The van der Waals surface area contributed by atoms with Crippen molar-refractivity contribution in [1.82, 2.24) is 26.1 Å². The van der Waals surface area contributed by atoms with E-state index in [1.165, 1.54) is 6.07 Å². The lowest BCUT2D eigenvalue weighted by Gasteiger charge is -2.26. The zero-order valence-electron chi connectivity index (χ0n) is 25.0. The van der Waals surface area contributed by atoms with Gasteiger partial charge in [0, 0.05) is 24.9 Å². The minimum atomic E-state index is -1.03. The van der Waals surface area contributed by atoms with Gasteiger partial charge in [-0.2, -0.15) is 0 Å². The fraction of sp³-hybridized carbons (Fsp3) is 0.438. The number of epoxide rings is 1. The van der Waals surface area contributed by atoms with Crippen LogP contribution in [0.15, 0.2) is 65.4 Å². The molecule has 4 rings (SSSR count). The number of rotatable bonds is 15. The van der Waals surface area contributed by atoms with Gasteiger partial charge in [0.1, 0.15) is 23.4 Å². The third-order valence-corrected chi connectivity index (χ3v) is 7.31. The number of nitrogens with one attached hydrogen (secondary N) is 3. The van der Waals surface area contributed by atoms with Gasteiger partial charge < -0.3 is 25.2 Å². The van der Waals surface area contributed by atoms with Crippen molar-refractivity contribution >= 4 is 23.5 Å². The van der Waals surface area contributed by atoms with E-state index < -0.39 is 41.4 Å². The zero-order valence-corrected chi connectivity index (χ0v) is 25.0. The van der Waals surface area contributed by atoms with Crippen molar-refractivity contribution in [2.45, 2.75) is 77.1 Å². The first-order valence-electron chi connectivity index (χ1n) is 14.5. The van der Waals surface area contributed by atoms with Gasteiger partial charge in [-0.15, -0.1) is 0 Å². The molecule has 1 fully saturated rings. The van der Waals surface area contributed by atoms with Crippen LogP contribution in [0, 0.1) is 12.8 Å².